The lowest BCUT2D eigenvalue weighted by Gasteiger charge is -2.33. The summed E-state index contributed by atoms with van der Waals surface area (Å²) in [6.45, 7) is 5.81. The van der Waals surface area contributed by atoms with Crippen LogP contribution in [0.15, 0.2) is 77.7 Å². The fraction of sp³-hybridized carbons (Fsp3) is 0.333. The van der Waals surface area contributed by atoms with Gasteiger partial charge in [-0.1, -0.05) is 61.3 Å². The predicted octanol–water partition coefficient (Wildman–Crippen LogP) is 5.19. The minimum absolute atomic E-state index is 0.0148. The molecule has 2 amide bonds. The third kappa shape index (κ3) is 7.76. The van der Waals surface area contributed by atoms with Crippen LogP contribution >= 0.6 is 11.6 Å². The lowest BCUT2D eigenvalue weighted by atomic mass is 10.1. The maximum atomic E-state index is 14.0. The van der Waals surface area contributed by atoms with Gasteiger partial charge in [0.15, 0.2) is 0 Å². The summed E-state index contributed by atoms with van der Waals surface area (Å²) >= 11 is 6.22. The number of hydrogen-bond donors (Lipinski definition) is 1. The maximum Gasteiger partial charge on any atom is 0.264 e. The molecule has 0 saturated carbocycles. The Morgan fingerprint density at radius 2 is 1.70 bits per heavy atom. The normalized spacial score (nSPS) is 11.9. The largest absolute Gasteiger partial charge is 0.497 e. The van der Waals surface area contributed by atoms with Gasteiger partial charge in [-0.2, -0.15) is 0 Å². The van der Waals surface area contributed by atoms with Crippen molar-refractivity contribution in [3.8, 4) is 5.75 Å². The highest BCUT2D eigenvalue weighted by Crippen LogP contribution is 2.28. The summed E-state index contributed by atoms with van der Waals surface area (Å²) in [4.78, 5) is 28.6. The van der Waals surface area contributed by atoms with E-state index < -0.39 is 28.5 Å². The number of halogens is 1. The number of sulfonamides is 1. The SMILES string of the molecule is CCCNC(=O)C(CC)N(Cc1cccc(C)c1)C(=O)CN(c1cccc(Cl)c1)S(=O)(=O)c1ccc(OC)cc1. The molecule has 0 radical (unpaired) electrons. The molecule has 1 atom stereocenters. The van der Waals surface area contributed by atoms with Crippen molar-refractivity contribution in [1.29, 1.82) is 0 Å². The molecule has 10 heteroatoms. The Kier molecular flexibility index (Phi) is 11.0. The standard InChI is InChI=1S/C30H36ClN3O5S/c1-5-17-32-30(36)28(6-2)33(20-23-10-7-9-22(3)18-23)29(35)21-34(25-12-8-11-24(31)19-25)40(37,38)27-15-13-26(39-4)14-16-27/h7-16,18-19,28H,5-6,17,20-21H2,1-4H3,(H,32,36). The molecule has 214 valence electrons. The van der Waals surface area contributed by atoms with Gasteiger partial charge in [-0.05, 0) is 67.8 Å². The first-order valence-corrected chi connectivity index (χ1v) is 15.0. The van der Waals surface area contributed by atoms with E-state index in [1.807, 2.05) is 45.0 Å². The highest BCUT2D eigenvalue weighted by atomic mass is 35.5. The average molecular weight is 586 g/mol. The number of aryl methyl sites for hydroxylation is 1. The van der Waals surface area contributed by atoms with Gasteiger partial charge in [0.1, 0.15) is 18.3 Å². The molecule has 0 aliphatic heterocycles. The molecule has 0 heterocycles. The van der Waals surface area contributed by atoms with Crippen molar-refractivity contribution in [1.82, 2.24) is 10.2 Å². The summed E-state index contributed by atoms with van der Waals surface area (Å²) in [6, 6.07) is 19.1. The highest BCUT2D eigenvalue weighted by molar-refractivity contribution is 7.92. The van der Waals surface area contributed by atoms with Crippen LogP contribution in [0.4, 0.5) is 5.69 Å². The number of carbonyl (C=O) groups is 2. The van der Waals surface area contributed by atoms with Crippen molar-refractivity contribution < 1.29 is 22.7 Å². The van der Waals surface area contributed by atoms with E-state index >= 15 is 0 Å². The lowest BCUT2D eigenvalue weighted by Crippen LogP contribution is -2.52. The quantitative estimate of drug-likeness (QED) is 0.298. The summed E-state index contributed by atoms with van der Waals surface area (Å²) in [5.41, 5.74) is 2.08. The molecule has 3 aromatic rings. The van der Waals surface area contributed by atoms with E-state index in [9.17, 15) is 18.0 Å². The Labute approximate surface area is 241 Å². The Bertz CT molecular complexity index is 1410. The van der Waals surface area contributed by atoms with Gasteiger partial charge in [0.05, 0.1) is 17.7 Å². The summed E-state index contributed by atoms with van der Waals surface area (Å²) in [7, 11) is -2.71. The van der Waals surface area contributed by atoms with Crippen molar-refractivity contribution in [3.05, 3.63) is 88.9 Å². The molecule has 1 unspecified atom stereocenters. The van der Waals surface area contributed by atoms with Crippen LogP contribution in [-0.2, 0) is 26.2 Å². The van der Waals surface area contributed by atoms with Crippen LogP contribution in [-0.4, -0.2) is 51.4 Å². The first-order chi connectivity index (χ1) is 19.1. The van der Waals surface area contributed by atoms with Crippen LogP contribution in [0.5, 0.6) is 5.75 Å². The number of hydrogen-bond acceptors (Lipinski definition) is 5. The number of anilines is 1. The molecule has 40 heavy (non-hydrogen) atoms. The van der Waals surface area contributed by atoms with Crippen molar-refractivity contribution >= 4 is 39.1 Å². The second-order valence-corrected chi connectivity index (χ2v) is 11.7. The minimum Gasteiger partial charge on any atom is -0.497 e. The van der Waals surface area contributed by atoms with E-state index in [0.29, 0.717) is 23.7 Å². The molecule has 3 aromatic carbocycles. The van der Waals surface area contributed by atoms with E-state index in [2.05, 4.69) is 5.32 Å². The molecule has 0 aromatic heterocycles. The second kappa shape index (κ2) is 14.2. The van der Waals surface area contributed by atoms with Gasteiger partial charge in [-0.15, -0.1) is 0 Å². The zero-order chi connectivity index (χ0) is 29.3. The van der Waals surface area contributed by atoms with Gasteiger partial charge in [0, 0.05) is 18.1 Å². The average Bonchev–Trinajstić information content (AvgIpc) is 2.94. The zero-order valence-corrected chi connectivity index (χ0v) is 24.8. The molecule has 0 bridgehead atoms. The second-order valence-electron chi connectivity index (χ2n) is 9.39. The number of rotatable bonds is 13. The third-order valence-corrected chi connectivity index (χ3v) is 8.42. The van der Waals surface area contributed by atoms with Gasteiger partial charge in [-0.3, -0.25) is 13.9 Å². The lowest BCUT2D eigenvalue weighted by molar-refractivity contribution is -0.140. The van der Waals surface area contributed by atoms with E-state index in [-0.39, 0.29) is 23.0 Å². The van der Waals surface area contributed by atoms with Crippen LogP contribution in [0.25, 0.3) is 0 Å². The number of ether oxygens (including phenoxy) is 1. The van der Waals surface area contributed by atoms with Crippen LogP contribution in [0.1, 0.15) is 37.8 Å². The van der Waals surface area contributed by atoms with Gasteiger partial charge in [-0.25, -0.2) is 8.42 Å². The number of nitrogens with one attached hydrogen (secondary N) is 1. The van der Waals surface area contributed by atoms with Gasteiger partial charge >= 0.3 is 0 Å². The fourth-order valence-electron chi connectivity index (χ4n) is 4.33. The molecule has 0 spiro atoms. The Balaban J connectivity index is 2.05. The summed E-state index contributed by atoms with van der Waals surface area (Å²) in [5.74, 6) is -0.299. The van der Waals surface area contributed by atoms with E-state index in [0.717, 1.165) is 21.9 Å². The topological polar surface area (TPSA) is 96.0 Å². The van der Waals surface area contributed by atoms with Crippen LogP contribution < -0.4 is 14.4 Å². The minimum atomic E-state index is -4.20. The van der Waals surface area contributed by atoms with E-state index in [1.165, 1.54) is 30.2 Å². The first kappa shape index (κ1) is 31.0. The number of nitrogens with zero attached hydrogens (tertiary/aromatic N) is 2. The molecular weight excluding hydrogens is 550 g/mol. The van der Waals surface area contributed by atoms with Gasteiger partial charge < -0.3 is 15.0 Å². The van der Waals surface area contributed by atoms with E-state index in [4.69, 9.17) is 16.3 Å². The molecule has 0 fully saturated rings. The highest BCUT2D eigenvalue weighted by Gasteiger charge is 2.33. The first-order valence-electron chi connectivity index (χ1n) is 13.2. The Morgan fingerprint density at radius 3 is 2.30 bits per heavy atom. The Hall–Kier alpha value is -3.56. The molecule has 0 saturated heterocycles. The fourth-order valence-corrected chi connectivity index (χ4v) is 5.92. The zero-order valence-electron chi connectivity index (χ0n) is 23.3. The number of benzene rings is 3. The van der Waals surface area contributed by atoms with Crippen molar-refractivity contribution in [2.24, 2.45) is 0 Å². The molecule has 8 nitrogen and oxygen atoms in total. The maximum absolute atomic E-state index is 14.0. The number of carbonyl (C=O) groups excluding carboxylic acids is 2. The van der Waals surface area contributed by atoms with Gasteiger partial charge in [0.25, 0.3) is 10.0 Å². The summed E-state index contributed by atoms with van der Waals surface area (Å²) < 4.78 is 34.0. The predicted molar refractivity (Wildman–Crippen MR) is 158 cm³/mol. The number of amides is 2. The monoisotopic (exact) mass is 585 g/mol. The van der Waals surface area contributed by atoms with Crippen molar-refractivity contribution in [2.45, 2.75) is 51.1 Å². The van der Waals surface area contributed by atoms with E-state index in [1.54, 1.807) is 30.3 Å². The smallest absolute Gasteiger partial charge is 0.264 e. The van der Waals surface area contributed by atoms with Crippen LogP contribution in [0, 0.1) is 6.92 Å². The molecule has 1 N–H and O–H groups in total. The number of methoxy groups -OCH3 is 1. The molecular formula is C30H36ClN3O5S. The third-order valence-electron chi connectivity index (χ3n) is 6.39. The van der Waals surface area contributed by atoms with Crippen molar-refractivity contribution in [2.75, 3.05) is 24.5 Å². The molecule has 3 rings (SSSR count). The summed E-state index contributed by atoms with van der Waals surface area (Å²) in [5, 5.41) is 3.20. The van der Waals surface area contributed by atoms with Gasteiger partial charge in [0.2, 0.25) is 11.8 Å². The Morgan fingerprint density at radius 1 is 1.00 bits per heavy atom. The summed E-state index contributed by atoms with van der Waals surface area (Å²) in [6.07, 6.45) is 1.10. The van der Waals surface area contributed by atoms with Crippen molar-refractivity contribution in [3.63, 3.8) is 0 Å². The molecule has 0 aliphatic rings. The molecule has 0 aliphatic carbocycles. The van der Waals surface area contributed by atoms with Crippen LogP contribution in [0.3, 0.4) is 0 Å². The van der Waals surface area contributed by atoms with Crippen LogP contribution in [0.2, 0.25) is 5.02 Å².